The summed E-state index contributed by atoms with van der Waals surface area (Å²) in [6.45, 7) is 2.12. The minimum atomic E-state index is -0.500. The van der Waals surface area contributed by atoms with Crippen molar-refractivity contribution in [1.29, 1.82) is 0 Å². The van der Waals surface area contributed by atoms with Crippen molar-refractivity contribution in [3.8, 4) is 0 Å². The highest BCUT2D eigenvalue weighted by Crippen LogP contribution is 2.40. The van der Waals surface area contributed by atoms with Gasteiger partial charge < -0.3 is 11.1 Å². The summed E-state index contributed by atoms with van der Waals surface area (Å²) in [5.74, 6) is -0.224. The normalized spacial score (nSPS) is 27.3. The number of carbonyl (C=O) groups excluding carboxylic acids is 1. The Bertz CT molecular complexity index is 449. The number of carbonyl (C=O) groups is 1. The molecule has 0 heterocycles. The van der Waals surface area contributed by atoms with Gasteiger partial charge in [-0.25, -0.2) is 0 Å². The van der Waals surface area contributed by atoms with Gasteiger partial charge in [-0.05, 0) is 44.9 Å². The van der Waals surface area contributed by atoms with Crippen LogP contribution >= 0.6 is 11.8 Å². The average molecular weight is 264 g/mol. The fourth-order valence-electron chi connectivity index (χ4n) is 2.54. The summed E-state index contributed by atoms with van der Waals surface area (Å²) in [4.78, 5) is 12.9. The first-order valence-electron chi connectivity index (χ1n) is 6.28. The minimum Gasteiger partial charge on any atom is -0.368 e. The highest BCUT2D eigenvalue weighted by Gasteiger charge is 2.43. The molecule has 0 aliphatic heterocycles. The molecular weight excluding hydrogens is 244 g/mol. The first kappa shape index (κ1) is 13.4. The fourth-order valence-corrected chi connectivity index (χ4v) is 3.92. The topological polar surface area (TPSA) is 55.1 Å². The molecule has 0 aromatic heterocycles. The molecule has 0 bridgehead atoms. The summed E-state index contributed by atoms with van der Waals surface area (Å²) in [5, 5.41) is 3.58. The molecule has 0 saturated heterocycles. The molecule has 1 fully saturated rings. The monoisotopic (exact) mass is 264 g/mol. The van der Waals surface area contributed by atoms with Gasteiger partial charge in [-0.3, -0.25) is 4.79 Å². The summed E-state index contributed by atoms with van der Waals surface area (Å²) >= 11 is 1.87. The molecule has 18 heavy (non-hydrogen) atoms. The lowest BCUT2D eigenvalue weighted by Crippen LogP contribution is -2.52. The van der Waals surface area contributed by atoms with Gasteiger partial charge in [0.05, 0.1) is 5.54 Å². The second-order valence-corrected chi connectivity index (χ2v) is 6.29. The smallest absolute Gasteiger partial charge is 0.237 e. The van der Waals surface area contributed by atoms with Gasteiger partial charge in [0.15, 0.2) is 0 Å². The average Bonchev–Trinajstić information content (AvgIpc) is 2.77. The highest BCUT2D eigenvalue weighted by molar-refractivity contribution is 8.00. The molecule has 2 unspecified atom stereocenters. The van der Waals surface area contributed by atoms with Crippen molar-refractivity contribution < 1.29 is 4.79 Å². The Labute approximate surface area is 113 Å². The molecule has 98 valence electrons. The maximum absolute atomic E-state index is 11.6. The lowest BCUT2D eigenvalue weighted by atomic mass is 9.97. The number of nitrogens with two attached hydrogens (primary N) is 1. The van der Waals surface area contributed by atoms with Crippen molar-refractivity contribution in [3.63, 3.8) is 0 Å². The van der Waals surface area contributed by atoms with Crippen LogP contribution in [-0.4, -0.2) is 23.7 Å². The Morgan fingerprint density at radius 1 is 1.50 bits per heavy atom. The van der Waals surface area contributed by atoms with Crippen LogP contribution in [0.1, 0.15) is 24.8 Å². The number of benzene rings is 1. The molecule has 4 heteroatoms. The Balaban J connectivity index is 2.06. The van der Waals surface area contributed by atoms with Crippen molar-refractivity contribution in [3.05, 3.63) is 29.8 Å². The van der Waals surface area contributed by atoms with Crippen molar-refractivity contribution >= 4 is 17.7 Å². The van der Waals surface area contributed by atoms with Gasteiger partial charge in [0, 0.05) is 10.1 Å². The molecular formula is C14H20N2OS. The molecule has 2 atom stereocenters. The second kappa shape index (κ2) is 5.33. The Morgan fingerprint density at radius 3 is 2.78 bits per heavy atom. The van der Waals surface area contributed by atoms with Gasteiger partial charge >= 0.3 is 0 Å². The number of likely N-dealkylation sites (N-methyl/N-ethyl adjacent to an activating group) is 1. The molecule has 3 nitrogen and oxygen atoms in total. The largest absolute Gasteiger partial charge is 0.368 e. The number of hydrogen-bond donors (Lipinski definition) is 2. The molecule has 1 aromatic rings. The van der Waals surface area contributed by atoms with Crippen LogP contribution in [0, 0.1) is 6.92 Å². The molecule has 1 amide bonds. The zero-order valence-corrected chi connectivity index (χ0v) is 11.7. The number of hydrogen-bond acceptors (Lipinski definition) is 3. The van der Waals surface area contributed by atoms with Crippen LogP contribution in [0.15, 0.2) is 29.2 Å². The van der Waals surface area contributed by atoms with Gasteiger partial charge in [-0.1, -0.05) is 18.2 Å². The molecule has 0 spiro atoms. The van der Waals surface area contributed by atoms with E-state index in [9.17, 15) is 4.79 Å². The molecule has 2 rings (SSSR count). The van der Waals surface area contributed by atoms with Gasteiger partial charge in [0.25, 0.3) is 0 Å². The van der Waals surface area contributed by atoms with E-state index in [4.69, 9.17) is 5.73 Å². The summed E-state index contributed by atoms with van der Waals surface area (Å²) in [7, 11) is 1.82. The van der Waals surface area contributed by atoms with Gasteiger partial charge in [0.2, 0.25) is 5.91 Å². The third-order valence-corrected chi connectivity index (χ3v) is 5.25. The molecule has 0 radical (unpaired) electrons. The van der Waals surface area contributed by atoms with Gasteiger partial charge in [0.1, 0.15) is 0 Å². The van der Waals surface area contributed by atoms with Crippen LogP contribution in [0.2, 0.25) is 0 Å². The predicted octanol–water partition coefficient (Wildman–Crippen LogP) is 2.08. The van der Waals surface area contributed by atoms with Gasteiger partial charge in [-0.15, -0.1) is 11.8 Å². The van der Waals surface area contributed by atoms with Crippen molar-refractivity contribution in [2.24, 2.45) is 5.73 Å². The number of rotatable bonds is 4. The van der Waals surface area contributed by atoms with Crippen LogP contribution in [-0.2, 0) is 4.79 Å². The summed E-state index contributed by atoms with van der Waals surface area (Å²) in [6, 6.07) is 8.37. The third-order valence-electron chi connectivity index (χ3n) is 3.81. The van der Waals surface area contributed by atoms with E-state index in [2.05, 4.69) is 36.5 Å². The Kier molecular flexibility index (Phi) is 3.97. The van der Waals surface area contributed by atoms with Crippen LogP contribution in [0.25, 0.3) is 0 Å². The van der Waals surface area contributed by atoms with Crippen molar-refractivity contribution in [1.82, 2.24) is 5.32 Å². The van der Waals surface area contributed by atoms with Crippen molar-refractivity contribution in [2.75, 3.05) is 7.05 Å². The number of thioether (sulfide) groups is 1. The maximum Gasteiger partial charge on any atom is 0.237 e. The van der Waals surface area contributed by atoms with Crippen LogP contribution in [0.4, 0.5) is 0 Å². The molecule has 1 aliphatic carbocycles. The van der Waals surface area contributed by atoms with E-state index in [1.54, 1.807) is 0 Å². The maximum atomic E-state index is 11.6. The number of primary amides is 1. The minimum absolute atomic E-state index is 0.224. The van der Waals surface area contributed by atoms with E-state index in [1.807, 2.05) is 18.8 Å². The summed E-state index contributed by atoms with van der Waals surface area (Å²) in [5.41, 5.74) is 6.31. The highest BCUT2D eigenvalue weighted by atomic mass is 32.2. The van der Waals surface area contributed by atoms with Crippen molar-refractivity contribution in [2.45, 2.75) is 41.9 Å². The summed E-state index contributed by atoms with van der Waals surface area (Å²) < 4.78 is 0. The molecule has 1 aromatic carbocycles. The fraction of sp³-hybridized carbons (Fsp3) is 0.500. The van der Waals surface area contributed by atoms with E-state index < -0.39 is 5.54 Å². The van der Waals surface area contributed by atoms with E-state index in [-0.39, 0.29) is 5.91 Å². The van der Waals surface area contributed by atoms with Crippen LogP contribution in [0.3, 0.4) is 0 Å². The number of nitrogens with one attached hydrogen (secondary N) is 1. The molecule has 3 N–H and O–H groups in total. The van der Waals surface area contributed by atoms with E-state index in [0.717, 1.165) is 19.3 Å². The first-order valence-corrected chi connectivity index (χ1v) is 7.16. The van der Waals surface area contributed by atoms with E-state index >= 15 is 0 Å². The number of amides is 1. The number of aryl methyl sites for hydroxylation is 1. The lowest BCUT2D eigenvalue weighted by Gasteiger charge is -2.24. The van der Waals surface area contributed by atoms with Crippen LogP contribution in [0.5, 0.6) is 0 Å². The van der Waals surface area contributed by atoms with Gasteiger partial charge in [-0.2, -0.15) is 0 Å². The standard InChI is InChI=1S/C14H20N2OS/c1-10-5-3-4-6-12(10)18-11-7-8-14(9-11,16-2)13(15)17/h3-6,11,16H,7-9H2,1-2H3,(H2,15,17). The third kappa shape index (κ3) is 2.54. The Hall–Kier alpha value is -1.00. The molecule has 1 saturated carbocycles. The second-order valence-electron chi connectivity index (χ2n) is 4.94. The zero-order valence-electron chi connectivity index (χ0n) is 10.9. The van der Waals surface area contributed by atoms with Crippen LogP contribution < -0.4 is 11.1 Å². The quantitative estimate of drug-likeness (QED) is 0.875. The SMILES string of the molecule is CNC1(C(N)=O)CCC(Sc2ccccc2C)C1. The lowest BCUT2D eigenvalue weighted by molar-refractivity contribution is -0.124. The first-order chi connectivity index (χ1) is 8.57. The Morgan fingerprint density at radius 2 is 2.22 bits per heavy atom. The van der Waals surface area contributed by atoms with E-state index in [0.29, 0.717) is 5.25 Å². The zero-order chi connectivity index (χ0) is 13.2. The molecule has 1 aliphatic rings. The predicted molar refractivity (Wildman–Crippen MR) is 75.7 cm³/mol. The summed E-state index contributed by atoms with van der Waals surface area (Å²) in [6.07, 6.45) is 2.68. The van der Waals surface area contributed by atoms with E-state index in [1.165, 1.54) is 10.5 Å².